The van der Waals surface area contributed by atoms with Gasteiger partial charge in [0.25, 0.3) is 0 Å². The molecule has 0 radical (unpaired) electrons. The lowest BCUT2D eigenvalue weighted by atomic mass is 10.1. The van der Waals surface area contributed by atoms with Crippen LogP contribution in [-0.4, -0.2) is 11.8 Å². The van der Waals surface area contributed by atoms with E-state index in [9.17, 15) is 0 Å². The molecule has 26 heavy (non-hydrogen) atoms. The van der Waals surface area contributed by atoms with Crippen LogP contribution in [0.4, 0.5) is 0 Å². The summed E-state index contributed by atoms with van der Waals surface area (Å²) in [6.45, 7) is 0. The van der Waals surface area contributed by atoms with Crippen LogP contribution in [0.25, 0.3) is 0 Å². The van der Waals surface area contributed by atoms with E-state index in [2.05, 4.69) is 12.2 Å². The Balaban J connectivity index is 3.04. The Morgan fingerprint density at radius 2 is 0.538 bits per heavy atom. The van der Waals surface area contributed by atoms with Crippen LogP contribution in [0, 0.1) is 0 Å². The van der Waals surface area contributed by atoms with E-state index in [1.807, 2.05) is 0 Å². The van der Waals surface area contributed by atoms with E-state index in [1.54, 1.807) is 0 Å². The van der Waals surface area contributed by atoms with E-state index >= 15 is 0 Å². The third-order valence-electron chi connectivity index (χ3n) is 5.18. The Hall–Kier alpha value is 0.320. The topological polar surface area (TPSA) is 0 Å². The Morgan fingerprint density at radius 1 is 0.308 bits per heavy atom. The van der Waals surface area contributed by atoms with Crippen LogP contribution in [0.5, 0.6) is 0 Å². The first-order valence-corrected chi connectivity index (χ1v) is 12.8. The average molecular weight is 406 g/mol. The number of alkyl halides is 2. The minimum absolute atomic E-state index is 0.837. The van der Waals surface area contributed by atoms with Gasteiger partial charge in [-0.2, -0.15) is 0 Å². The molecule has 0 saturated heterocycles. The summed E-state index contributed by atoms with van der Waals surface area (Å²) in [4.78, 5) is 0. The third-order valence-corrected chi connectivity index (χ3v) is 5.71. The van der Waals surface area contributed by atoms with Crippen LogP contribution in [0.3, 0.4) is 0 Å². The maximum Gasteiger partial charge on any atom is 0.0223 e. The van der Waals surface area contributed by atoms with Crippen molar-refractivity contribution in [3.05, 3.63) is 12.2 Å². The standard InChI is InChI=1S/C24H46Cl2/c25-23-21-19-17-15-13-11-9-7-5-3-1-2-4-6-8-10-12-14-16-18-20-22-24-26/h1-2H,3-24H2. The summed E-state index contributed by atoms with van der Waals surface area (Å²) in [5.41, 5.74) is 0. The minimum atomic E-state index is 0.837. The molecule has 0 unspecified atom stereocenters. The van der Waals surface area contributed by atoms with Gasteiger partial charge in [-0.05, 0) is 38.5 Å². The SMILES string of the molecule is ClCCCCCCCCCCCC=CCCCCCCCCCCCCl. The van der Waals surface area contributed by atoms with E-state index in [4.69, 9.17) is 23.2 Å². The summed E-state index contributed by atoms with van der Waals surface area (Å²) < 4.78 is 0. The monoisotopic (exact) mass is 404 g/mol. The Bertz CT molecular complexity index is 237. The van der Waals surface area contributed by atoms with Gasteiger partial charge in [0, 0.05) is 11.8 Å². The number of allylic oxidation sites excluding steroid dienone is 2. The summed E-state index contributed by atoms with van der Waals surface area (Å²) in [5, 5.41) is 0. The van der Waals surface area contributed by atoms with Crippen molar-refractivity contribution in [1.29, 1.82) is 0 Å². The minimum Gasteiger partial charge on any atom is -0.127 e. The fraction of sp³-hybridized carbons (Fsp3) is 0.917. The number of unbranched alkanes of at least 4 members (excludes halogenated alkanes) is 18. The molecule has 0 aliphatic heterocycles. The van der Waals surface area contributed by atoms with Gasteiger partial charge in [-0.3, -0.25) is 0 Å². The van der Waals surface area contributed by atoms with Gasteiger partial charge < -0.3 is 0 Å². The summed E-state index contributed by atoms with van der Waals surface area (Å²) in [6.07, 6.45) is 32.2. The maximum atomic E-state index is 5.69. The second kappa shape index (κ2) is 25.3. The molecule has 0 aliphatic rings. The molecule has 0 rings (SSSR count). The van der Waals surface area contributed by atoms with Crippen molar-refractivity contribution in [2.24, 2.45) is 0 Å². The molecule has 0 atom stereocenters. The molecule has 0 N–H and O–H groups in total. The molecule has 0 nitrogen and oxygen atoms in total. The van der Waals surface area contributed by atoms with Gasteiger partial charge in [0.15, 0.2) is 0 Å². The smallest absolute Gasteiger partial charge is 0.0223 e. The lowest BCUT2D eigenvalue weighted by Crippen LogP contribution is -1.82. The van der Waals surface area contributed by atoms with Crippen LogP contribution in [0.2, 0.25) is 0 Å². The lowest BCUT2D eigenvalue weighted by molar-refractivity contribution is 0.565. The zero-order valence-electron chi connectivity index (χ0n) is 17.5. The summed E-state index contributed by atoms with van der Waals surface area (Å²) >= 11 is 11.4. The van der Waals surface area contributed by atoms with Crippen molar-refractivity contribution in [3.63, 3.8) is 0 Å². The second-order valence-corrected chi connectivity index (χ2v) is 8.55. The fourth-order valence-corrected chi connectivity index (χ4v) is 3.80. The third kappa shape index (κ3) is 24.3. The van der Waals surface area contributed by atoms with E-state index in [0.29, 0.717) is 0 Å². The first-order chi connectivity index (χ1) is 12.9. The molecule has 0 aromatic heterocycles. The Labute approximate surface area is 175 Å². The molecule has 0 aromatic carbocycles. The fourth-order valence-electron chi connectivity index (χ4n) is 3.42. The molecule has 0 aromatic rings. The van der Waals surface area contributed by atoms with Crippen molar-refractivity contribution >= 4 is 23.2 Å². The van der Waals surface area contributed by atoms with Gasteiger partial charge in [0.05, 0.1) is 0 Å². The van der Waals surface area contributed by atoms with E-state index in [0.717, 1.165) is 11.8 Å². The predicted molar refractivity (Wildman–Crippen MR) is 123 cm³/mol. The van der Waals surface area contributed by atoms with Crippen molar-refractivity contribution in [3.8, 4) is 0 Å². The normalized spacial score (nSPS) is 11.6. The molecular weight excluding hydrogens is 359 g/mol. The molecule has 0 bridgehead atoms. The van der Waals surface area contributed by atoms with Gasteiger partial charge in [-0.15, -0.1) is 23.2 Å². The molecule has 2 heteroatoms. The van der Waals surface area contributed by atoms with Crippen molar-refractivity contribution < 1.29 is 0 Å². The first kappa shape index (κ1) is 26.3. The van der Waals surface area contributed by atoms with Crippen LogP contribution in [0.1, 0.15) is 128 Å². The van der Waals surface area contributed by atoms with Gasteiger partial charge in [-0.1, -0.05) is 102 Å². The van der Waals surface area contributed by atoms with Gasteiger partial charge in [0.1, 0.15) is 0 Å². The first-order valence-electron chi connectivity index (χ1n) is 11.7. The number of hydrogen-bond donors (Lipinski definition) is 0. The average Bonchev–Trinajstić information content (AvgIpc) is 2.66. The van der Waals surface area contributed by atoms with E-state index in [1.165, 1.54) is 128 Å². The molecule has 156 valence electrons. The van der Waals surface area contributed by atoms with Crippen molar-refractivity contribution in [1.82, 2.24) is 0 Å². The molecule has 0 spiro atoms. The molecule has 0 amide bonds. The summed E-state index contributed by atoms with van der Waals surface area (Å²) in [6, 6.07) is 0. The van der Waals surface area contributed by atoms with Crippen LogP contribution in [-0.2, 0) is 0 Å². The quantitative estimate of drug-likeness (QED) is 0.0955. The molecular formula is C24H46Cl2. The van der Waals surface area contributed by atoms with E-state index < -0.39 is 0 Å². The largest absolute Gasteiger partial charge is 0.127 e. The van der Waals surface area contributed by atoms with Crippen LogP contribution >= 0.6 is 23.2 Å². The van der Waals surface area contributed by atoms with Gasteiger partial charge >= 0.3 is 0 Å². The highest BCUT2D eigenvalue weighted by molar-refractivity contribution is 6.18. The van der Waals surface area contributed by atoms with Gasteiger partial charge in [-0.25, -0.2) is 0 Å². The highest BCUT2D eigenvalue weighted by Crippen LogP contribution is 2.13. The zero-order chi connectivity index (χ0) is 19.0. The van der Waals surface area contributed by atoms with Gasteiger partial charge in [0.2, 0.25) is 0 Å². The van der Waals surface area contributed by atoms with E-state index in [-0.39, 0.29) is 0 Å². The second-order valence-electron chi connectivity index (χ2n) is 7.79. The number of halogens is 2. The molecule has 0 saturated carbocycles. The van der Waals surface area contributed by atoms with Crippen molar-refractivity contribution in [2.75, 3.05) is 11.8 Å². The lowest BCUT2D eigenvalue weighted by Gasteiger charge is -2.01. The van der Waals surface area contributed by atoms with Crippen LogP contribution < -0.4 is 0 Å². The molecule has 0 heterocycles. The number of rotatable bonds is 22. The zero-order valence-corrected chi connectivity index (χ0v) is 19.0. The van der Waals surface area contributed by atoms with Crippen molar-refractivity contribution in [2.45, 2.75) is 128 Å². The molecule has 0 aliphatic carbocycles. The van der Waals surface area contributed by atoms with Crippen LogP contribution in [0.15, 0.2) is 12.2 Å². The highest BCUT2D eigenvalue weighted by atomic mass is 35.5. The molecule has 0 fully saturated rings. The summed E-state index contributed by atoms with van der Waals surface area (Å²) in [5.74, 6) is 1.67. The Morgan fingerprint density at radius 3 is 0.808 bits per heavy atom. The summed E-state index contributed by atoms with van der Waals surface area (Å²) in [7, 11) is 0. The number of hydrogen-bond acceptors (Lipinski definition) is 0. The Kier molecular flexibility index (Phi) is 25.6. The maximum absolute atomic E-state index is 5.69. The predicted octanol–water partition coefficient (Wildman–Crippen LogP) is 9.82. The highest BCUT2D eigenvalue weighted by Gasteiger charge is 1.93.